The second kappa shape index (κ2) is 17.4. The molecule has 5 aromatic rings. The number of methoxy groups -OCH3 is 2. The Morgan fingerprint density at radius 1 is 0.734 bits per heavy atom. The third kappa shape index (κ3) is 8.52. The molecule has 0 radical (unpaired) electrons. The molecule has 9 rings (SSSR count). The molecular formula is C48H58N8O8. The van der Waals surface area contributed by atoms with Gasteiger partial charge < -0.3 is 49.1 Å². The number of rotatable bonds is 13. The molecule has 3 amide bonds. The van der Waals surface area contributed by atoms with E-state index in [1.807, 2.05) is 38.8 Å². The van der Waals surface area contributed by atoms with Crippen LogP contribution in [0, 0.1) is 17.3 Å². The molecule has 3 aromatic carbocycles. The first-order valence-electron chi connectivity index (χ1n) is 22.2. The van der Waals surface area contributed by atoms with Crippen LogP contribution in [0.4, 0.5) is 4.79 Å². The van der Waals surface area contributed by atoms with Gasteiger partial charge in [0.15, 0.2) is 5.79 Å². The number of carbonyl (C=O) groups is 3. The number of aliphatic hydroxyl groups is 1. The molecule has 3 saturated heterocycles. The zero-order valence-electron chi connectivity index (χ0n) is 37.2. The molecule has 2 aromatic heterocycles. The molecule has 5 heterocycles. The molecule has 2 spiro atoms. The number of nitrogens with one attached hydrogen (secondary N) is 4. The minimum atomic E-state index is -1.29. The number of H-pyrrole nitrogens is 2. The second-order valence-corrected chi connectivity index (χ2v) is 18.5. The Kier molecular flexibility index (Phi) is 11.8. The normalized spacial score (nSPS) is 21.3. The number of aromatic nitrogens is 4. The topological polar surface area (TPSA) is 196 Å². The van der Waals surface area contributed by atoms with E-state index >= 15 is 0 Å². The molecule has 5 N–H and O–H groups in total. The van der Waals surface area contributed by atoms with E-state index in [1.165, 1.54) is 14.2 Å². The number of alkyl carbamates (subject to hydrolysis) is 1. The highest BCUT2D eigenvalue weighted by molar-refractivity contribution is 5.91. The Hall–Kier alpha value is -5.65. The molecule has 338 valence electrons. The number of hydrogen-bond acceptors (Lipinski definition) is 11. The zero-order valence-corrected chi connectivity index (χ0v) is 37.2. The van der Waals surface area contributed by atoms with Crippen LogP contribution in [-0.2, 0) is 28.5 Å². The molecular weight excluding hydrogens is 817 g/mol. The van der Waals surface area contributed by atoms with Gasteiger partial charge in [-0.15, -0.1) is 0 Å². The number of carbonyl (C=O) groups excluding carboxylic acids is 3. The first kappa shape index (κ1) is 43.6. The van der Waals surface area contributed by atoms with Crippen LogP contribution in [-0.4, -0.2) is 118 Å². The quantitative estimate of drug-likeness (QED) is 0.0837. The number of amides is 3. The molecule has 1 unspecified atom stereocenters. The van der Waals surface area contributed by atoms with Gasteiger partial charge in [-0.25, -0.2) is 14.8 Å². The summed E-state index contributed by atoms with van der Waals surface area (Å²) in [5, 5.41) is 18.0. The highest BCUT2D eigenvalue weighted by Gasteiger charge is 2.55. The Balaban J connectivity index is 0.897. The van der Waals surface area contributed by atoms with Crippen LogP contribution in [0.5, 0.6) is 0 Å². The predicted molar refractivity (Wildman–Crippen MR) is 238 cm³/mol. The Bertz CT molecular complexity index is 2510. The average Bonchev–Trinajstić information content (AvgIpc) is 3.94. The van der Waals surface area contributed by atoms with Crippen molar-refractivity contribution in [2.45, 2.75) is 89.7 Å². The first-order chi connectivity index (χ1) is 30.8. The fraction of sp³-hybridized carbons (Fsp3) is 0.479. The Labute approximate surface area is 372 Å². The molecule has 1 saturated carbocycles. The van der Waals surface area contributed by atoms with Crippen LogP contribution in [0.15, 0.2) is 73.1 Å². The van der Waals surface area contributed by atoms with Gasteiger partial charge in [-0.2, -0.15) is 0 Å². The number of fused-ring (bicyclic) bond motifs is 1. The van der Waals surface area contributed by atoms with Crippen molar-refractivity contribution in [1.29, 1.82) is 0 Å². The van der Waals surface area contributed by atoms with Crippen LogP contribution < -0.4 is 10.6 Å². The Morgan fingerprint density at radius 3 is 1.86 bits per heavy atom. The van der Waals surface area contributed by atoms with Crippen molar-refractivity contribution >= 4 is 28.7 Å². The standard InChI is InChI=1S/C48H58N8O8/c1-27(2)39(53-45(59)61-5)43(57)55-25-47(15-16-47)21-37(55)41-50-24-36(52-41)34-14-13-32-19-31(11-12-33(32)20-34)29-7-9-30(10-8-29)35-23-49-42(51-35)38-22-48(63-17-18-64-48)26-56(38)44(58)40(28(3)4)54-46(60)62-6/h7-14,19-20,23-24,27-28,37-40,46,54,60H,15-18,21-22,25-26H2,1-6H3,(H,49,51)(H,50,52)(H,53,59)/t37-,38-,39-,40-,46?/m0/s1. The number of ether oxygens (including phenoxy) is 4. The summed E-state index contributed by atoms with van der Waals surface area (Å²) in [6, 6.07) is 19.1. The minimum Gasteiger partial charge on any atom is -0.453 e. The van der Waals surface area contributed by atoms with Crippen LogP contribution in [0.25, 0.3) is 44.4 Å². The van der Waals surface area contributed by atoms with E-state index in [9.17, 15) is 19.5 Å². The summed E-state index contributed by atoms with van der Waals surface area (Å²) in [6.07, 6.45) is 5.16. The van der Waals surface area contributed by atoms with E-state index in [-0.39, 0.29) is 41.7 Å². The Morgan fingerprint density at radius 2 is 1.27 bits per heavy atom. The molecule has 16 heteroatoms. The third-order valence-corrected chi connectivity index (χ3v) is 13.5. The molecule has 3 aliphatic heterocycles. The van der Waals surface area contributed by atoms with Crippen LogP contribution >= 0.6 is 0 Å². The lowest BCUT2D eigenvalue weighted by atomic mass is 9.98. The monoisotopic (exact) mass is 874 g/mol. The summed E-state index contributed by atoms with van der Waals surface area (Å²) in [4.78, 5) is 60.3. The largest absolute Gasteiger partial charge is 0.453 e. The lowest BCUT2D eigenvalue weighted by Gasteiger charge is -2.31. The lowest BCUT2D eigenvalue weighted by molar-refractivity contribution is -0.157. The van der Waals surface area contributed by atoms with E-state index in [0.29, 0.717) is 32.0 Å². The highest BCUT2D eigenvalue weighted by Crippen LogP contribution is 2.58. The number of likely N-dealkylation sites (tertiary alicyclic amines) is 2. The molecule has 4 aliphatic rings. The average molecular weight is 875 g/mol. The van der Waals surface area contributed by atoms with Gasteiger partial charge in [-0.05, 0) is 76.1 Å². The summed E-state index contributed by atoms with van der Waals surface area (Å²) in [5.74, 6) is -0.0789. The van der Waals surface area contributed by atoms with Crippen molar-refractivity contribution < 1.29 is 38.4 Å². The van der Waals surface area contributed by atoms with Crippen molar-refractivity contribution in [3.63, 3.8) is 0 Å². The summed E-state index contributed by atoms with van der Waals surface area (Å²) in [7, 11) is 2.68. The maximum Gasteiger partial charge on any atom is 0.407 e. The van der Waals surface area contributed by atoms with Gasteiger partial charge in [0.2, 0.25) is 18.2 Å². The van der Waals surface area contributed by atoms with Crippen molar-refractivity contribution in [2.75, 3.05) is 40.5 Å². The van der Waals surface area contributed by atoms with Crippen LogP contribution in [0.2, 0.25) is 0 Å². The van der Waals surface area contributed by atoms with Crippen molar-refractivity contribution in [2.24, 2.45) is 17.3 Å². The SMILES string of the molecule is COC(=O)N[C@H](C(=O)N1CC2(CC2)C[C@H]1c1ncc(-c2ccc3cc(-c4ccc(-c5cnc([C@@H]6CC7(CN6C(=O)[C@@H](NC(O)OC)C(C)C)OCCO7)[nH]5)cc4)ccc3c2)[nH]1)C(C)C. The minimum absolute atomic E-state index is 0.110. The van der Waals surface area contributed by atoms with Gasteiger partial charge in [-0.3, -0.25) is 14.9 Å². The maximum atomic E-state index is 14.0. The smallest absolute Gasteiger partial charge is 0.407 e. The number of benzene rings is 3. The van der Waals surface area contributed by atoms with Gasteiger partial charge in [0.25, 0.3) is 0 Å². The number of hydrogen-bond donors (Lipinski definition) is 5. The summed E-state index contributed by atoms with van der Waals surface area (Å²) < 4.78 is 21.9. The molecule has 4 fully saturated rings. The highest BCUT2D eigenvalue weighted by atomic mass is 16.7. The van der Waals surface area contributed by atoms with E-state index < -0.39 is 36.4 Å². The number of nitrogens with zero attached hydrogens (tertiary/aromatic N) is 4. The summed E-state index contributed by atoms with van der Waals surface area (Å²) in [5.41, 5.74) is 5.90. The van der Waals surface area contributed by atoms with Gasteiger partial charge in [0.05, 0.1) is 68.8 Å². The second-order valence-electron chi connectivity index (χ2n) is 18.5. The van der Waals surface area contributed by atoms with E-state index in [0.717, 1.165) is 69.5 Å². The summed E-state index contributed by atoms with van der Waals surface area (Å²) in [6.45, 7) is 9.48. The fourth-order valence-corrected chi connectivity index (χ4v) is 9.66. The lowest BCUT2D eigenvalue weighted by Crippen LogP contribution is -2.53. The number of aliphatic hydroxyl groups excluding tert-OH is 1. The number of imidazole rings is 2. The number of aromatic amines is 2. The first-order valence-corrected chi connectivity index (χ1v) is 22.2. The molecule has 1 aliphatic carbocycles. The molecule has 16 nitrogen and oxygen atoms in total. The molecule has 64 heavy (non-hydrogen) atoms. The zero-order chi connectivity index (χ0) is 44.9. The summed E-state index contributed by atoms with van der Waals surface area (Å²) >= 11 is 0. The van der Waals surface area contributed by atoms with Crippen molar-refractivity contribution in [3.05, 3.63) is 84.7 Å². The van der Waals surface area contributed by atoms with Crippen LogP contribution in [0.1, 0.15) is 77.1 Å². The van der Waals surface area contributed by atoms with Crippen molar-refractivity contribution in [3.8, 4) is 33.6 Å². The van der Waals surface area contributed by atoms with Gasteiger partial charge in [-0.1, -0.05) is 76.2 Å². The molecule has 0 bridgehead atoms. The fourth-order valence-electron chi connectivity index (χ4n) is 9.66. The van der Waals surface area contributed by atoms with E-state index in [2.05, 4.69) is 81.3 Å². The van der Waals surface area contributed by atoms with Crippen LogP contribution in [0.3, 0.4) is 0 Å². The predicted octanol–water partition coefficient (Wildman–Crippen LogP) is 6.27. The maximum absolute atomic E-state index is 14.0. The van der Waals surface area contributed by atoms with Gasteiger partial charge in [0.1, 0.15) is 17.7 Å². The van der Waals surface area contributed by atoms with Gasteiger partial charge in [0, 0.05) is 25.6 Å². The van der Waals surface area contributed by atoms with E-state index in [4.69, 9.17) is 28.9 Å². The third-order valence-electron chi connectivity index (χ3n) is 13.5. The van der Waals surface area contributed by atoms with Gasteiger partial charge >= 0.3 is 6.09 Å². The van der Waals surface area contributed by atoms with Crippen molar-refractivity contribution in [1.82, 2.24) is 40.4 Å². The molecule has 5 atom stereocenters. The van der Waals surface area contributed by atoms with E-state index in [1.54, 1.807) is 11.1 Å².